The summed E-state index contributed by atoms with van der Waals surface area (Å²) in [6, 6.07) is 0. The van der Waals surface area contributed by atoms with E-state index in [-0.39, 0.29) is 50.9 Å². The molecule has 76 heavy (non-hydrogen) atoms. The van der Waals surface area contributed by atoms with Crippen LogP contribution in [0.3, 0.4) is 0 Å². The lowest BCUT2D eigenvalue weighted by Crippen LogP contribution is -2.65. The number of carbonyl (C=O) groups is 4. The quantitative estimate of drug-likeness (QED) is 0.0332. The lowest BCUT2D eigenvalue weighted by Gasteiger charge is -2.49. The summed E-state index contributed by atoms with van der Waals surface area (Å²) in [6.45, 7) is 7.70. The first kappa shape index (κ1) is 69.7. The molecule has 0 bridgehead atoms. The molecular formula is C58H111BN4O13. The van der Waals surface area contributed by atoms with Crippen molar-refractivity contribution in [3.8, 4) is 0 Å². The summed E-state index contributed by atoms with van der Waals surface area (Å²) in [5, 5.41) is 11.6. The maximum absolute atomic E-state index is 13.5. The average molecular weight is 1080 g/mol. The van der Waals surface area contributed by atoms with Crippen LogP contribution in [0.1, 0.15) is 213 Å². The predicted molar refractivity (Wildman–Crippen MR) is 302 cm³/mol. The molecule has 444 valence electrons. The molecule has 2 aliphatic rings. The molecule has 4 amide bonds. The van der Waals surface area contributed by atoms with Crippen LogP contribution in [0, 0.1) is 5.92 Å². The first-order valence-corrected chi connectivity index (χ1v) is 30.2. The number of hydrogen-bond donors (Lipinski definition) is 4. The van der Waals surface area contributed by atoms with Gasteiger partial charge in [-0.3, -0.25) is 19.2 Å². The normalized spacial score (nSPS) is 24.0. The van der Waals surface area contributed by atoms with E-state index in [0.717, 1.165) is 38.5 Å². The Morgan fingerprint density at radius 1 is 0.461 bits per heavy atom. The Kier molecular flexibility index (Phi) is 41.6. The van der Waals surface area contributed by atoms with Gasteiger partial charge < -0.3 is 63.9 Å². The minimum Gasteiger partial charge on any atom is -0.382 e. The fraction of sp³-hybridized carbons (Fsp3) is 0.931. The van der Waals surface area contributed by atoms with E-state index in [2.05, 4.69) is 35.1 Å². The highest BCUT2D eigenvalue weighted by molar-refractivity contribution is 6.77. The summed E-state index contributed by atoms with van der Waals surface area (Å²) in [4.78, 5) is 53.5. The van der Waals surface area contributed by atoms with E-state index in [0.29, 0.717) is 13.1 Å². The molecular weight excluding hydrogens is 971 g/mol. The van der Waals surface area contributed by atoms with Gasteiger partial charge in [-0.15, -0.1) is 0 Å². The molecule has 2 fully saturated rings. The molecule has 2 heterocycles. The van der Waals surface area contributed by atoms with Crippen molar-refractivity contribution < 1.29 is 61.8 Å². The fourth-order valence-electron chi connectivity index (χ4n) is 10.6. The zero-order chi connectivity index (χ0) is 55.6. The Balaban J connectivity index is 1.91. The van der Waals surface area contributed by atoms with E-state index in [4.69, 9.17) is 42.6 Å². The molecule has 4 N–H and O–H groups in total. The Labute approximate surface area is 461 Å². The lowest BCUT2D eigenvalue weighted by molar-refractivity contribution is -0.358. The number of rotatable bonds is 48. The van der Waals surface area contributed by atoms with Crippen LogP contribution in [0.15, 0.2) is 0 Å². The highest BCUT2D eigenvalue weighted by atomic mass is 16.8. The highest BCUT2D eigenvalue weighted by Crippen LogP contribution is 2.35. The third-order valence-corrected chi connectivity index (χ3v) is 15.3. The minimum absolute atomic E-state index is 0.0877. The molecule has 2 rings (SSSR count). The third-order valence-electron chi connectivity index (χ3n) is 15.3. The summed E-state index contributed by atoms with van der Waals surface area (Å²) in [5.41, 5.74) is 0. The summed E-state index contributed by atoms with van der Waals surface area (Å²) >= 11 is 0. The van der Waals surface area contributed by atoms with Gasteiger partial charge in [-0.1, -0.05) is 188 Å². The van der Waals surface area contributed by atoms with Gasteiger partial charge in [-0.2, -0.15) is 0 Å². The molecule has 2 saturated heterocycles. The molecule has 4 unspecified atom stereocenters. The van der Waals surface area contributed by atoms with Gasteiger partial charge in [0.15, 0.2) is 18.4 Å². The number of nitrogens with one attached hydrogen (secondary N) is 4. The van der Waals surface area contributed by atoms with Gasteiger partial charge in [0.05, 0.1) is 24.8 Å². The summed E-state index contributed by atoms with van der Waals surface area (Å²) < 4.78 is 53.8. The second-order valence-corrected chi connectivity index (χ2v) is 21.5. The maximum atomic E-state index is 13.5. The van der Waals surface area contributed by atoms with E-state index in [1.54, 1.807) is 35.5 Å². The van der Waals surface area contributed by atoms with Crippen LogP contribution in [0.2, 0.25) is 0 Å². The molecule has 11 atom stereocenters. The van der Waals surface area contributed by atoms with Crippen LogP contribution in [0.25, 0.3) is 0 Å². The molecule has 0 saturated carbocycles. The van der Waals surface area contributed by atoms with E-state index in [1.165, 1.54) is 148 Å². The second-order valence-electron chi connectivity index (χ2n) is 21.5. The van der Waals surface area contributed by atoms with Crippen molar-refractivity contribution in [2.45, 2.75) is 275 Å². The summed E-state index contributed by atoms with van der Waals surface area (Å²) in [6.07, 6.45) is 28.5. The van der Waals surface area contributed by atoms with Crippen LogP contribution in [-0.4, -0.2) is 161 Å². The van der Waals surface area contributed by atoms with E-state index in [9.17, 15) is 19.2 Å². The first-order valence-electron chi connectivity index (χ1n) is 30.2. The van der Waals surface area contributed by atoms with E-state index >= 15 is 0 Å². The van der Waals surface area contributed by atoms with Crippen molar-refractivity contribution in [3.63, 3.8) is 0 Å². The average Bonchev–Trinajstić information content (AvgIpc) is 3.42. The Bertz CT molecular complexity index is 1470. The number of methoxy groups -OCH3 is 6. The maximum Gasteiger partial charge on any atom is 0.271 e. The van der Waals surface area contributed by atoms with Crippen molar-refractivity contribution in [1.29, 1.82) is 0 Å². The number of hydrogen-bond acceptors (Lipinski definition) is 13. The van der Waals surface area contributed by atoms with Gasteiger partial charge in [-0.05, 0) is 12.8 Å². The van der Waals surface area contributed by atoms with Gasteiger partial charge in [0.1, 0.15) is 30.5 Å². The standard InChI is InChI=1S/C58H111BN4O13/c1-10-12-14-16-18-20-22-24-26-28-30-32-34-36-40-60-55(66)54(59-58(67)61-41-37-35-33-31-29-27-25-23-21-19-17-15-13-11-2)63-48(65)39-38-47(64)62-42-45-44(3)49(69-5)52(71-7)57(74-45)76-50-46(43-68-4)75-56(73-9)53(72-8)51(50)70-6/h44-46,49-54,56-57,59H,10-43H2,1-9H3,(H,60,66)(H,61,67)(H,62,64)(H,63,65)/t44-,45?,46?,49+,50-,51+,52?,53?,54-,56+,57-/m1/s1. The largest absolute Gasteiger partial charge is 0.382 e. The van der Waals surface area contributed by atoms with Crippen molar-refractivity contribution in [1.82, 2.24) is 21.3 Å². The molecule has 0 spiro atoms. The van der Waals surface area contributed by atoms with Gasteiger partial charge in [0.2, 0.25) is 17.7 Å². The summed E-state index contributed by atoms with van der Waals surface area (Å²) in [5.74, 6) is -2.89. The van der Waals surface area contributed by atoms with Gasteiger partial charge in [0.25, 0.3) is 7.28 Å². The Morgan fingerprint density at radius 2 is 0.882 bits per heavy atom. The number of ether oxygens (including phenoxy) is 9. The van der Waals surface area contributed by atoms with Crippen molar-refractivity contribution >= 4 is 30.8 Å². The van der Waals surface area contributed by atoms with E-state index < -0.39 is 73.1 Å². The van der Waals surface area contributed by atoms with Gasteiger partial charge in [0, 0.05) is 81.1 Å². The summed E-state index contributed by atoms with van der Waals surface area (Å²) in [7, 11) is 9.13. The van der Waals surface area contributed by atoms with Crippen molar-refractivity contribution in [2.24, 2.45) is 5.92 Å². The molecule has 0 aromatic rings. The van der Waals surface area contributed by atoms with Crippen LogP contribution in [0.5, 0.6) is 0 Å². The van der Waals surface area contributed by atoms with Gasteiger partial charge in [-0.25, -0.2) is 0 Å². The second kappa shape index (κ2) is 45.3. The van der Waals surface area contributed by atoms with Crippen LogP contribution < -0.4 is 21.3 Å². The smallest absolute Gasteiger partial charge is 0.271 e. The molecule has 0 aromatic heterocycles. The SMILES string of the molecule is CCCCCCCCCCCCCCCCNC(=O)B[C@H](NC(=O)CCC(=O)NCC1O[C@H](O[C@@H]2C(COC)O[C@H](OC)C(OC)[C@H]2OC)C(OC)[C@@H](OC)[C@@H]1C)C(=O)NCCCCCCCCCCCCCCCC. The van der Waals surface area contributed by atoms with Crippen molar-refractivity contribution in [2.75, 3.05) is 68.9 Å². The minimum atomic E-state index is -1.07. The molecule has 18 heteroatoms. The first-order chi connectivity index (χ1) is 37.0. The topological polar surface area (TPSA) is 199 Å². The third kappa shape index (κ3) is 29.2. The lowest BCUT2D eigenvalue weighted by atomic mass is 9.67. The molecule has 0 radical (unpaired) electrons. The number of unbranched alkanes of at least 4 members (excludes halogenated alkanes) is 26. The highest BCUT2D eigenvalue weighted by Gasteiger charge is 2.52. The molecule has 2 aliphatic heterocycles. The zero-order valence-corrected chi connectivity index (χ0v) is 49.4. The predicted octanol–water partition coefficient (Wildman–Crippen LogP) is 9.37. The van der Waals surface area contributed by atoms with Crippen LogP contribution in [-0.2, 0) is 57.0 Å². The number of carbonyl (C=O) groups excluding carboxylic acids is 4. The fourth-order valence-corrected chi connectivity index (χ4v) is 10.6. The zero-order valence-electron chi connectivity index (χ0n) is 49.4. The van der Waals surface area contributed by atoms with Crippen molar-refractivity contribution in [3.05, 3.63) is 0 Å². The Hall–Kier alpha value is -2.42. The molecule has 0 aromatic carbocycles. The van der Waals surface area contributed by atoms with Gasteiger partial charge >= 0.3 is 0 Å². The van der Waals surface area contributed by atoms with E-state index in [1.807, 2.05) is 6.92 Å². The Morgan fingerprint density at radius 3 is 1.33 bits per heavy atom. The monoisotopic (exact) mass is 1080 g/mol. The van der Waals surface area contributed by atoms with Crippen LogP contribution >= 0.6 is 0 Å². The molecule has 0 aliphatic carbocycles. The number of amides is 4. The molecule has 17 nitrogen and oxygen atoms in total. The van der Waals surface area contributed by atoms with Crippen LogP contribution in [0.4, 0.5) is 4.79 Å².